The van der Waals surface area contributed by atoms with Gasteiger partial charge in [0.25, 0.3) is 0 Å². The molecule has 0 spiro atoms. The van der Waals surface area contributed by atoms with Crippen LogP contribution in [0.5, 0.6) is 0 Å². The Bertz CT molecular complexity index is 377. The molecule has 1 aromatic heterocycles. The van der Waals surface area contributed by atoms with Gasteiger partial charge >= 0.3 is 5.97 Å². The second kappa shape index (κ2) is 4.84. The van der Waals surface area contributed by atoms with Crippen LogP contribution in [0.3, 0.4) is 0 Å². The third-order valence-electron chi connectivity index (χ3n) is 2.39. The van der Waals surface area contributed by atoms with Gasteiger partial charge in [-0.1, -0.05) is 0 Å². The maximum absolute atomic E-state index is 10.8. The lowest BCUT2D eigenvalue weighted by atomic mass is 10.1. The van der Waals surface area contributed by atoms with Crippen molar-refractivity contribution in [3.05, 3.63) is 12.2 Å². The van der Waals surface area contributed by atoms with E-state index in [-0.39, 0.29) is 0 Å². The van der Waals surface area contributed by atoms with E-state index in [1.165, 1.54) is 18.1 Å². The van der Waals surface area contributed by atoms with E-state index in [1.807, 2.05) is 13.8 Å². The van der Waals surface area contributed by atoms with Crippen molar-refractivity contribution in [3.63, 3.8) is 0 Å². The lowest BCUT2D eigenvalue weighted by molar-refractivity contribution is -0.139. The number of nitrogens with two attached hydrogens (primary N) is 1. The molecule has 0 amide bonds. The number of thioether (sulfide) groups is 1. The van der Waals surface area contributed by atoms with Gasteiger partial charge in [0.15, 0.2) is 0 Å². The average Bonchev–Trinajstić information content (AvgIpc) is 2.60. The minimum atomic E-state index is -0.990. The maximum atomic E-state index is 10.8. The molecule has 0 aliphatic rings. The molecule has 0 aromatic carbocycles. The fraction of sp³-hybridized carbons (Fsp3) is 0.667. The van der Waals surface area contributed by atoms with E-state index in [2.05, 4.69) is 10.1 Å². The van der Waals surface area contributed by atoms with E-state index < -0.39 is 16.8 Å². The molecule has 6 nitrogen and oxygen atoms in total. The second-order valence-corrected chi connectivity index (χ2v) is 5.64. The molecule has 1 aromatic rings. The summed E-state index contributed by atoms with van der Waals surface area (Å²) >= 11 is 1.46. The first-order chi connectivity index (χ1) is 7.34. The lowest BCUT2D eigenvalue weighted by Gasteiger charge is -2.27. The molecule has 3 N–H and O–H groups in total. The van der Waals surface area contributed by atoms with Gasteiger partial charge in [0.2, 0.25) is 0 Å². The smallest absolute Gasteiger partial charge is 0.321 e. The summed E-state index contributed by atoms with van der Waals surface area (Å²) in [6.07, 6.45) is 1.47. The quantitative estimate of drug-likeness (QED) is 0.770. The Labute approximate surface area is 98.2 Å². The Hall–Kier alpha value is -1.08. The van der Waals surface area contributed by atoms with E-state index >= 15 is 0 Å². The highest BCUT2D eigenvalue weighted by Gasteiger charge is 2.32. The predicted molar refractivity (Wildman–Crippen MR) is 62.0 cm³/mol. The van der Waals surface area contributed by atoms with Crippen molar-refractivity contribution in [2.45, 2.75) is 30.4 Å². The first-order valence-electron chi connectivity index (χ1n) is 4.80. The zero-order valence-electron chi connectivity index (χ0n) is 9.54. The van der Waals surface area contributed by atoms with Gasteiger partial charge in [-0.3, -0.25) is 9.48 Å². The summed E-state index contributed by atoms with van der Waals surface area (Å²) in [5, 5.41) is 12.8. The van der Waals surface area contributed by atoms with Crippen LogP contribution < -0.4 is 5.73 Å². The van der Waals surface area contributed by atoms with Crippen LogP contribution >= 0.6 is 11.8 Å². The summed E-state index contributed by atoms with van der Waals surface area (Å²) in [6.45, 7) is 3.62. The number of hydrogen-bond acceptors (Lipinski definition) is 5. The zero-order valence-corrected chi connectivity index (χ0v) is 10.4. The summed E-state index contributed by atoms with van der Waals surface area (Å²) in [7, 11) is 1.80. The van der Waals surface area contributed by atoms with Crippen molar-refractivity contribution >= 4 is 17.7 Å². The number of aliphatic carboxylic acids is 1. The van der Waals surface area contributed by atoms with Crippen molar-refractivity contribution in [1.29, 1.82) is 0 Å². The van der Waals surface area contributed by atoms with Crippen LogP contribution in [0.1, 0.15) is 19.7 Å². The summed E-state index contributed by atoms with van der Waals surface area (Å²) in [4.78, 5) is 14.9. The van der Waals surface area contributed by atoms with Gasteiger partial charge in [0.1, 0.15) is 18.2 Å². The number of aryl methyl sites for hydroxylation is 1. The first-order valence-corrected chi connectivity index (χ1v) is 5.78. The van der Waals surface area contributed by atoms with Gasteiger partial charge in [-0.15, -0.1) is 11.8 Å². The van der Waals surface area contributed by atoms with E-state index in [9.17, 15) is 4.79 Å². The molecule has 16 heavy (non-hydrogen) atoms. The monoisotopic (exact) mass is 244 g/mol. The predicted octanol–water partition coefficient (Wildman–Crippen LogP) is 0.239. The van der Waals surface area contributed by atoms with Crippen molar-refractivity contribution in [1.82, 2.24) is 14.8 Å². The molecule has 7 heteroatoms. The van der Waals surface area contributed by atoms with Crippen LogP contribution in [0, 0.1) is 0 Å². The third kappa shape index (κ3) is 2.96. The zero-order chi connectivity index (χ0) is 12.3. The van der Waals surface area contributed by atoms with Crippen LogP contribution in [0.25, 0.3) is 0 Å². The van der Waals surface area contributed by atoms with E-state index in [4.69, 9.17) is 10.8 Å². The SMILES string of the molecule is Cn1ncnc1CSC(C)(C)[C@@H](N)C(=O)O. The Morgan fingerprint density at radius 2 is 2.38 bits per heavy atom. The molecule has 1 rings (SSSR count). The van der Waals surface area contributed by atoms with Gasteiger partial charge in [0, 0.05) is 11.8 Å². The van der Waals surface area contributed by atoms with Crippen molar-refractivity contribution in [3.8, 4) is 0 Å². The number of rotatable bonds is 5. The molecule has 0 aliphatic heterocycles. The number of carboxylic acid groups (broad SMARTS) is 1. The Morgan fingerprint density at radius 1 is 1.75 bits per heavy atom. The van der Waals surface area contributed by atoms with Crippen LogP contribution in [-0.4, -0.2) is 36.6 Å². The second-order valence-electron chi connectivity index (χ2n) is 4.01. The number of hydrogen-bond donors (Lipinski definition) is 2. The van der Waals surface area contributed by atoms with E-state index in [0.717, 1.165) is 5.82 Å². The highest BCUT2D eigenvalue weighted by Crippen LogP contribution is 2.29. The van der Waals surface area contributed by atoms with Crippen LogP contribution in [0.15, 0.2) is 6.33 Å². The van der Waals surface area contributed by atoms with Gasteiger partial charge in [0.05, 0.1) is 5.75 Å². The molecule has 0 saturated carbocycles. The highest BCUT2D eigenvalue weighted by atomic mass is 32.2. The van der Waals surface area contributed by atoms with Crippen LogP contribution in [0.4, 0.5) is 0 Å². The number of aromatic nitrogens is 3. The minimum Gasteiger partial charge on any atom is -0.480 e. The molecular weight excluding hydrogens is 228 g/mol. The molecule has 90 valence electrons. The van der Waals surface area contributed by atoms with Gasteiger partial charge in [-0.2, -0.15) is 5.10 Å². The lowest BCUT2D eigenvalue weighted by Crippen LogP contribution is -2.46. The van der Waals surface area contributed by atoms with Gasteiger partial charge < -0.3 is 10.8 Å². The number of carbonyl (C=O) groups is 1. The molecular formula is C9H16N4O2S. The summed E-state index contributed by atoms with van der Waals surface area (Å²) in [5.74, 6) is 0.399. The van der Waals surface area contributed by atoms with E-state index in [1.54, 1.807) is 11.7 Å². The van der Waals surface area contributed by atoms with Crippen LogP contribution in [0.2, 0.25) is 0 Å². The number of carboxylic acids is 1. The topological polar surface area (TPSA) is 94.0 Å². The van der Waals surface area contributed by atoms with Crippen molar-refractivity contribution < 1.29 is 9.90 Å². The summed E-state index contributed by atoms with van der Waals surface area (Å²) in [6, 6.07) is -0.897. The molecule has 0 unspecified atom stereocenters. The molecule has 0 bridgehead atoms. The standard InChI is InChI=1S/C9H16N4O2S/c1-9(2,7(10)8(14)15)16-4-6-11-5-12-13(6)3/h5,7H,4,10H2,1-3H3,(H,14,15)/t7-/m0/s1. The maximum Gasteiger partial charge on any atom is 0.321 e. The summed E-state index contributed by atoms with van der Waals surface area (Å²) < 4.78 is 1.12. The first kappa shape index (κ1) is 13.0. The number of nitrogens with zero attached hydrogens (tertiary/aromatic N) is 3. The Morgan fingerprint density at radius 3 is 2.81 bits per heavy atom. The molecule has 0 radical (unpaired) electrons. The summed E-state index contributed by atoms with van der Waals surface area (Å²) in [5.41, 5.74) is 5.61. The fourth-order valence-corrected chi connectivity index (χ4v) is 2.13. The average molecular weight is 244 g/mol. The normalized spacial score (nSPS) is 13.8. The molecule has 0 aliphatic carbocycles. The van der Waals surface area contributed by atoms with Crippen molar-refractivity contribution in [2.24, 2.45) is 12.8 Å². The van der Waals surface area contributed by atoms with E-state index in [0.29, 0.717) is 5.75 Å². The Kier molecular flexibility index (Phi) is 3.93. The largest absolute Gasteiger partial charge is 0.480 e. The fourth-order valence-electron chi connectivity index (χ4n) is 1.09. The minimum absolute atomic E-state index is 0.544. The Balaban J connectivity index is 2.61. The molecule has 1 atom stereocenters. The molecule has 0 fully saturated rings. The van der Waals surface area contributed by atoms with Crippen molar-refractivity contribution in [2.75, 3.05) is 0 Å². The molecule has 1 heterocycles. The highest BCUT2D eigenvalue weighted by molar-refractivity contribution is 7.99. The molecule has 0 saturated heterocycles. The van der Waals surface area contributed by atoms with Gasteiger partial charge in [-0.25, -0.2) is 4.98 Å². The van der Waals surface area contributed by atoms with Crippen LogP contribution in [-0.2, 0) is 17.6 Å². The van der Waals surface area contributed by atoms with Gasteiger partial charge in [-0.05, 0) is 13.8 Å². The third-order valence-corrected chi connectivity index (χ3v) is 3.79.